The highest BCUT2D eigenvalue weighted by atomic mass is 32.2. The molecule has 0 aliphatic carbocycles. The number of nitrogens with zero attached hydrogens (tertiary/aromatic N) is 1. The molecule has 15 heavy (non-hydrogen) atoms. The fourth-order valence-corrected chi connectivity index (χ4v) is 3.69. The summed E-state index contributed by atoms with van der Waals surface area (Å²) in [5.74, 6) is 2.61. The Balaban J connectivity index is 1.88. The SMILES string of the molecule is Cc1nc(C(C)NC2CCSCC2)cs1. The molecule has 1 atom stereocenters. The molecule has 0 spiro atoms. The number of aryl methyl sites for hydroxylation is 1. The van der Waals surface area contributed by atoms with Gasteiger partial charge in [-0.25, -0.2) is 4.98 Å². The first-order valence-corrected chi connectivity index (χ1v) is 7.55. The summed E-state index contributed by atoms with van der Waals surface area (Å²) < 4.78 is 0. The van der Waals surface area contributed by atoms with Gasteiger partial charge in [0, 0.05) is 17.5 Å². The van der Waals surface area contributed by atoms with Crippen molar-refractivity contribution in [3.05, 3.63) is 16.1 Å². The summed E-state index contributed by atoms with van der Waals surface area (Å²) in [5, 5.41) is 7.02. The van der Waals surface area contributed by atoms with E-state index in [2.05, 4.69) is 41.3 Å². The third kappa shape index (κ3) is 3.20. The van der Waals surface area contributed by atoms with Crippen molar-refractivity contribution in [1.29, 1.82) is 0 Å². The van der Waals surface area contributed by atoms with Gasteiger partial charge in [0.2, 0.25) is 0 Å². The molecule has 84 valence electrons. The minimum absolute atomic E-state index is 0.406. The van der Waals surface area contributed by atoms with Crippen LogP contribution in [0.25, 0.3) is 0 Å². The van der Waals surface area contributed by atoms with Crippen LogP contribution in [-0.4, -0.2) is 22.5 Å². The van der Waals surface area contributed by atoms with E-state index in [0.717, 1.165) is 5.01 Å². The summed E-state index contributed by atoms with van der Waals surface area (Å²) >= 11 is 3.81. The lowest BCUT2D eigenvalue weighted by molar-refractivity contribution is 0.427. The van der Waals surface area contributed by atoms with Crippen LogP contribution in [-0.2, 0) is 0 Å². The molecular formula is C11H18N2S2. The van der Waals surface area contributed by atoms with Gasteiger partial charge in [0.1, 0.15) is 0 Å². The molecule has 0 radical (unpaired) electrons. The Kier molecular flexibility index (Phi) is 4.05. The summed E-state index contributed by atoms with van der Waals surface area (Å²) in [6.07, 6.45) is 2.61. The molecule has 4 heteroatoms. The smallest absolute Gasteiger partial charge is 0.0898 e. The molecule has 2 rings (SSSR count). The fourth-order valence-electron chi connectivity index (χ4n) is 1.88. The molecule has 0 saturated carbocycles. The van der Waals surface area contributed by atoms with Crippen LogP contribution in [0.1, 0.15) is 36.5 Å². The van der Waals surface area contributed by atoms with Crippen LogP contribution >= 0.6 is 23.1 Å². The van der Waals surface area contributed by atoms with Crippen molar-refractivity contribution in [1.82, 2.24) is 10.3 Å². The molecule has 0 bridgehead atoms. The van der Waals surface area contributed by atoms with E-state index in [1.807, 2.05) is 0 Å². The van der Waals surface area contributed by atoms with Crippen molar-refractivity contribution in [3.63, 3.8) is 0 Å². The Bertz CT molecular complexity index is 305. The van der Waals surface area contributed by atoms with Crippen LogP contribution in [0.5, 0.6) is 0 Å². The van der Waals surface area contributed by atoms with Crippen molar-refractivity contribution >= 4 is 23.1 Å². The van der Waals surface area contributed by atoms with Crippen LogP contribution in [0, 0.1) is 6.92 Å². The van der Waals surface area contributed by atoms with Gasteiger partial charge >= 0.3 is 0 Å². The van der Waals surface area contributed by atoms with Crippen molar-refractivity contribution in [2.75, 3.05) is 11.5 Å². The van der Waals surface area contributed by atoms with Gasteiger partial charge in [0.25, 0.3) is 0 Å². The summed E-state index contributed by atoms with van der Waals surface area (Å²) in [5.41, 5.74) is 1.20. The number of thiazole rings is 1. The number of hydrogen-bond donors (Lipinski definition) is 1. The quantitative estimate of drug-likeness (QED) is 0.882. The largest absolute Gasteiger partial charge is 0.306 e. The zero-order valence-electron chi connectivity index (χ0n) is 9.32. The third-order valence-corrected chi connectivity index (χ3v) is 4.63. The minimum Gasteiger partial charge on any atom is -0.306 e. The lowest BCUT2D eigenvalue weighted by Gasteiger charge is -2.25. The normalized spacial score (nSPS) is 20.4. The Morgan fingerprint density at radius 2 is 2.20 bits per heavy atom. The van der Waals surface area contributed by atoms with Crippen LogP contribution in [0.3, 0.4) is 0 Å². The first kappa shape index (κ1) is 11.4. The van der Waals surface area contributed by atoms with Gasteiger partial charge in [-0.2, -0.15) is 11.8 Å². The highest BCUT2D eigenvalue weighted by molar-refractivity contribution is 7.99. The van der Waals surface area contributed by atoms with Gasteiger partial charge in [0.05, 0.1) is 10.7 Å². The zero-order valence-corrected chi connectivity index (χ0v) is 11.0. The van der Waals surface area contributed by atoms with E-state index in [1.165, 1.54) is 30.0 Å². The number of rotatable bonds is 3. The van der Waals surface area contributed by atoms with E-state index in [0.29, 0.717) is 12.1 Å². The van der Waals surface area contributed by atoms with E-state index >= 15 is 0 Å². The Labute approximate surface area is 99.9 Å². The van der Waals surface area contributed by atoms with Gasteiger partial charge in [-0.05, 0) is 38.2 Å². The Hall–Kier alpha value is -0.0600. The van der Waals surface area contributed by atoms with Crippen molar-refractivity contribution in [3.8, 4) is 0 Å². The number of nitrogens with one attached hydrogen (secondary N) is 1. The topological polar surface area (TPSA) is 24.9 Å². The van der Waals surface area contributed by atoms with Crippen molar-refractivity contribution < 1.29 is 0 Å². The maximum Gasteiger partial charge on any atom is 0.0898 e. The second kappa shape index (κ2) is 5.32. The summed E-state index contributed by atoms with van der Waals surface area (Å²) in [6.45, 7) is 4.29. The molecule has 1 N–H and O–H groups in total. The molecule has 2 heterocycles. The molecule has 1 fully saturated rings. The maximum absolute atomic E-state index is 4.53. The second-order valence-electron chi connectivity index (χ2n) is 4.07. The van der Waals surface area contributed by atoms with Crippen LogP contribution < -0.4 is 5.32 Å². The van der Waals surface area contributed by atoms with Gasteiger partial charge in [-0.1, -0.05) is 0 Å². The number of aromatic nitrogens is 1. The van der Waals surface area contributed by atoms with Crippen molar-refractivity contribution in [2.45, 2.75) is 38.8 Å². The van der Waals surface area contributed by atoms with Gasteiger partial charge in [0.15, 0.2) is 0 Å². The number of hydrogen-bond acceptors (Lipinski definition) is 4. The molecule has 0 amide bonds. The fraction of sp³-hybridized carbons (Fsp3) is 0.727. The first-order valence-electron chi connectivity index (χ1n) is 5.51. The van der Waals surface area contributed by atoms with Gasteiger partial charge < -0.3 is 5.32 Å². The second-order valence-corrected chi connectivity index (χ2v) is 6.35. The standard InChI is InChI=1S/C11H18N2S2/c1-8(11-7-15-9(2)13-11)12-10-3-5-14-6-4-10/h7-8,10,12H,3-6H2,1-2H3. The summed E-state index contributed by atoms with van der Waals surface area (Å²) in [4.78, 5) is 4.53. The molecule has 1 saturated heterocycles. The molecule has 1 aliphatic heterocycles. The lowest BCUT2D eigenvalue weighted by atomic mass is 10.1. The Morgan fingerprint density at radius 1 is 1.47 bits per heavy atom. The highest BCUT2D eigenvalue weighted by Gasteiger charge is 2.17. The van der Waals surface area contributed by atoms with Crippen LogP contribution in [0.15, 0.2) is 5.38 Å². The molecule has 1 unspecified atom stereocenters. The first-order chi connectivity index (χ1) is 7.25. The number of thioether (sulfide) groups is 1. The van der Waals surface area contributed by atoms with Crippen molar-refractivity contribution in [2.24, 2.45) is 0 Å². The lowest BCUT2D eigenvalue weighted by Crippen LogP contribution is -2.34. The molecular weight excluding hydrogens is 224 g/mol. The van der Waals surface area contributed by atoms with Crippen LogP contribution in [0.2, 0.25) is 0 Å². The van der Waals surface area contributed by atoms with Crippen LogP contribution in [0.4, 0.5) is 0 Å². The molecule has 2 nitrogen and oxygen atoms in total. The molecule has 1 aromatic rings. The molecule has 1 aromatic heterocycles. The maximum atomic E-state index is 4.53. The van der Waals surface area contributed by atoms with E-state index in [9.17, 15) is 0 Å². The van der Waals surface area contributed by atoms with E-state index < -0.39 is 0 Å². The van der Waals surface area contributed by atoms with E-state index in [-0.39, 0.29) is 0 Å². The monoisotopic (exact) mass is 242 g/mol. The average molecular weight is 242 g/mol. The Morgan fingerprint density at radius 3 is 2.80 bits per heavy atom. The summed E-state index contributed by atoms with van der Waals surface area (Å²) in [6, 6.07) is 1.10. The highest BCUT2D eigenvalue weighted by Crippen LogP contribution is 2.21. The predicted molar refractivity (Wildman–Crippen MR) is 68.7 cm³/mol. The van der Waals surface area contributed by atoms with Gasteiger partial charge in [-0.15, -0.1) is 11.3 Å². The predicted octanol–water partition coefficient (Wildman–Crippen LogP) is 3.00. The molecule has 1 aliphatic rings. The summed E-state index contributed by atoms with van der Waals surface area (Å²) in [7, 11) is 0. The van der Waals surface area contributed by atoms with E-state index in [4.69, 9.17) is 0 Å². The minimum atomic E-state index is 0.406. The van der Waals surface area contributed by atoms with E-state index in [1.54, 1.807) is 11.3 Å². The zero-order chi connectivity index (χ0) is 10.7. The molecule has 0 aromatic carbocycles. The average Bonchev–Trinajstić information content (AvgIpc) is 2.66. The van der Waals surface area contributed by atoms with Gasteiger partial charge in [-0.3, -0.25) is 0 Å². The third-order valence-electron chi connectivity index (χ3n) is 2.79.